The molecule has 236 valence electrons. The van der Waals surface area contributed by atoms with Crippen LogP contribution in [0.1, 0.15) is 77.8 Å². The molecule has 0 fully saturated rings. The molecule has 44 heavy (non-hydrogen) atoms. The van der Waals surface area contributed by atoms with Crippen molar-refractivity contribution in [2.75, 3.05) is 11.9 Å². The van der Waals surface area contributed by atoms with E-state index in [4.69, 9.17) is 10.5 Å². The van der Waals surface area contributed by atoms with E-state index in [0.717, 1.165) is 36.5 Å². The van der Waals surface area contributed by atoms with Crippen LogP contribution in [-0.4, -0.2) is 52.0 Å². The Hall–Kier alpha value is -4.60. The SMILES string of the molecule is CCCCCCCN(C(=O)C(CC(N)=O)NC(=O)OC(C)(C)C)C(C(=O)Nc1ccc2ccccc2c1)c1ccccc1O. The number of phenolic OH excluding ortho intramolecular Hbond substituents is 1. The smallest absolute Gasteiger partial charge is 0.408 e. The number of alkyl carbamates (subject to hydrolysis) is 1. The molecule has 0 heterocycles. The van der Waals surface area contributed by atoms with Crippen molar-refractivity contribution >= 4 is 40.3 Å². The van der Waals surface area contributed by atoms with E-state index in [0.29, 0.717) is 12.1 Å². The summed E-state index contributed by atoms with van der Waals surface area (Å²) in [6.45, 7) is 7.23. The summed E-state index contributed by atoms with van der Waals surface area (Å²) in [5, 5.41) is 18.2. The molecule has 0 aliphatic carbocycles. The first-order valence-corrected chi connectivity index (χ1v) is 15.1. The van der Waals surface area contributed by atoms with E-state index in [1.165, 1.54) is 11.0 Å². The molecular formula is C34H44N4O6. The van der Waals surface area contributed by atoms with Crippen LogP contribution in [0.15, 0.2) is 66.7 Å². The average Bonchev–Trinajstić information content (AvgIpc) is 2.95. The van der Waals surface area contributed by atoms with Crippen molar-refractivity contribution in [1.82, 2.24) is 10.2 Å². The highest BCUT2D eigenvalue weighted by Gasteiger charge is 2.38. The van der Waals surface area contributed by atoms with Gasteiger partial charge < -0.3 is 31.1 Å². The first-order valence-electron chi connectivity index (χ1n) is 15.1. The number of nitrogens with two attached hydrogens (primary N) is 1. The quantitative estimate of drug-likeness (QED) is 0.171. The molecule has 2 unspecified atom stereocenters. The van der Waals surface area contributed by atoms with E-state index in [1.54, 1.807) is 45.0 Å². The topological polar surface area (TPSA) is 151 Å². The standard InChI is InChI=1S/C34H44N4O6/c1-5-6-7-8-13-20-38(32(42)27(22-29(35)40)37-33(43)44-34(2,3)4)30(26-16-11-12-17-28(26)39)31(41)36-25-19-18-23-14-9-10-15-24(23)21-25/h9-12,14-19,21,27,30,39H,5-8,13,20,22H2,1-4H3,(H2,35,40)(H,36,41)(H,37,43). The van der Waals surface area contributed by atoms with Gasteiger partial charge in [-0.1, -0.05) is 81.1 Å². The number of hydrogen-bond acceptors (Lipinski definition) is 6. The summed E-state index contributed by atoms with van der Waals surface area (Å²) in [7, 11) is 0. The Morgan fingerprint density at radius 2 is 1.57 bits per heavy atom. The van der Waals surface area contributed by atoms with Crippen LogP contribution in [0.3, 0.4) is 0 Å². The highest BCUT2D eigenvalue weighted by Crippen LogP contribution is 2.32. The van der Waals surface area contributed by atoms with Gasteiger partial charge in [0, 0.05) is 17.8 Å². The number of amides is 4. The van der Waals surface area contributed by atoms with Gasteiger partial charge in [0.2, 0.25) is 11.8 Å². The molecule has 3 aromatic carbocycles. The Morgan fingerprint density at radius 1 is 0.909 bits per heavy atom. The third-order valence-electron chi connectivity index (χ3n) is 6.99. The number of fused-ring (bicyclic) bond motifs is 1. The Bertz CT molecular complexity index is 1450. The minimum absolute atomic E-state index is 0.123. The zero-order valence-corrected chi connectivity index (χ0v) is 26.0. The van der Waals surface area contributed by atoms with E-state index >= 15 is 0 Å². The van der Waals surface area contributed by atoms with Crippen molar-refractivity contribution in [2.45, 2.75) is 83.9 Å². The maximum atomic E-state index is 14.2. The van der Waals surface area contributed by atoms with Crippen molar-refractivity contribution in [3.8, 4) is 5.75 Å². The van der Waals surface area contributed by atoms with Crippen LogP contribution in [0.5, 0.6) is 5.75 Å². The molecule has 0 aromatic heterocycles. The summed E-state index contributed by atoms with van der Waals surface area (Å²) in [4.78, 5) is 54.4. The molecule has 0 bridgehead atoms. The number of hydrogen-bond donors (Lipinski definition) is 4. The Morgan fingerprint density at radius 3 is 2.23 bits per heavy atom. The fraction of sp³-hybridized carbons (Fsp3) is 0.412. The van der Waals surface area contributed by atoms with Crippen molar-refractivity contribution in [3.05, 3.63) is 72.3 Å². The van der Waals surface area contributed by atoms with Crippen molar-refractivity contribution in [1.29, 1.82) is 0 Å². The summed E-state index contributed by atoms with van der Waals surface area (Å²) in [5.41, 5.74) is 5.33. The molecule has 0 aliphatic rings. The molecular weight excluding hydrogens is 560 g/mol. The average molecular weight is 605 g/mol. The van der Waals surface area contributed by atoms with E-state index in [1.807, 2.05) is 36.4 Å². The number of benzene rings is 3. The molecule has 0 aliphatic heterocycles. The van der Waals surface area contributed by atoms with Gasteiger partial charge in [0.05, 0.1) is 6.42 Å². The Balaban J connectivity index is 2.04. The van der Waals surface area contributed by atoms with Gasteiger partial charge in [-0.2, -0.15) is 0 Å². The van der Waals surface area contributed by atoms with E-state index in [-0.39, 0.29) is 17.9 Å². The summed E-state index contributed by atoms with van der Waals surface area (Å²) in [5.74, 6) is -2.27. The molecule has 0 spiro atoms. The van der Waals surface area contributed by atoms with Gasteiger partial charge in [-0.3, -0.25) is 14.4 Å². The highest BCUT2D eigenvalue weighted by atomic mass is 16.6. The molecule has 4 amide bonds. The number of carbonyl (C=O) groups is 4. The van der Waals surface area contributed by atoms with Crippen LogP contribution in [0.4, 0.5) is 10.5 Å². The molecule has 5 N–H and O–H groups in total. The third-order valence-corrected chi connectivity index (χ3v) is 6.99. The van der Waals surface area contributed by atoms with Crippen LogP contribution in [0, 0.1) is 0 Å². The van der Waals surface area contributed by atoms with E-state index in [2.05, 4.69) is 17.6 Å². The lowest BCUT2D eigenvalue weighted by molar-refractivity contribution is -0.142. The maximum absolute atomic E-state index is 14.2. The zero-order valence-electron chi connectivity index (χ0n) is 26.0. The summed E-state index contributed by atoms with van der Waals surface area (Å²) >= 11 is 0. The lowest BCUT2D eigenvalue weighted by Crippen LogP contribution is -2.53. The van der Waals surface area contributed by atoms with Gasteiger partial charge >= 0.3 is 6.09 Å². The van der Waals surface area contributed by atoms with Gasteiger partial charge in [-0.25, -0.2) is 4.79 Å². The molecule has 0 saturated carbocycles. The predicted molar refractivity (Wildman–Crippen MR) is 171 cm³/mol. The monoisotopic (exact) mass is 604 g/mol. The molecule has 2 atom stereocenters. The lowest BCUT2D eigenvalue weighted by atomic mass is 10.00. The summed E-state index contributed by atoms with van der Waals surface area (Å²) in [6, 6.07) is 16.8. The van der Waals surface area contributed by atoms with Crippen LogP contribution in [0.25, 0.3) is 10.8 Å². The minimum atomic E-state index is -1.40. The second-order valence-electron chi connectivity index (χ2n) is 11.8. The third kappa shape index (κ3) is 10.00. The number of para-hydroxylation sites is 1. The molecule has 10 nitrogen and oxygen atoms in total. The van der Waals surface area contributed by atoms with Crippen LogP contribution < -0.4 is 16.4 Å². The largest absolute Gasteiger partial charge is 0.508 e. The second kappa shape index (κ2) is 15.7. The van der Waals surface area contributed by atoms with Crippen molar-refractivity contribution in [2.24, 2.45) is 5.73 Å². The normalized spacial score (nSPS) is 12.6. The number of ether oxygens (including phenoxy) is 1. The lowest BCUT2D eigenvalue weighted by Gasteiger charge is -2.34. The molecule has 0 radical (unpaired) electrons. The minimum Gasteiger partial charge on any atom is -0.508 e. The number of carbonyl (C=O) groups excluding carboxylic acids is 4. The van der Waals surface area contributed by atoms with Crippen LogP contribution in [0.2, 0.25) is 0 Å². The zero-order chi connectivity index (χ0) is 32.3. The van der Waals surface area contributed by atoms with Gasteiger partial charge in [-0.05, 0) is 56.2 Å². The second-order valence-corrected chi connectivity index (χ2v) is 11.8. The Kier molecular flexibility index (Phi) is 12.1. The predicted octanol–water partition coefficient (Wildman–Crippen LogP) is 5.79. The van der Waals surface area contributed by atoms with Gasteiger partial charge in [0.15, 0.2) is 0 Å². The first kappa shape index (κ1) is 33.9. The van der Waals surface area contributed by atoms with Crippen molar-refractivity contribution in [3.63, 3.8) is 0 Å². The fourth-order valence-corrected chi connectivity index (χ4v) is 4.95. The number of nitrogens with zero attached hydrogens (tertiary/aromatic N) is 1. The van der Waals surface area contributed by atoms with Crippen LogP contribution in [-0.2, 0) is 19.1 Å². The van der Waals surface area contributed by atoms with Gasteiger partial charge in [0.1, 0.15) is 23.4 Å². The summed E-state index contributed by atoms with van der Waals surface area (Å²) < 4.78 is 5.34. The number of primary amides is 1. The van der Waals surface area contributed by atoms with E-state index in [9.17, 15) is 24.3 Å². The highest BCUT2D eigenvalue weighted by molar-refractivity contribution is 6.01. The number of nitrogens with one attached hydrogen (secondary N) is 2. The number of unbranched alkanes of at least 4 members (excludes halogenated alkanes) is 4. The fourth-order valence-electron chi connectivity index (χ4n) is 4.95. The van der Waals surface area contributed by atoms with Gasteiger partial charge in [0.25, 0.3) is 5.91 Å². The Labute approximate surface area is 258 Å². The maximum Gasteiger partial charge on any atom is 0.408 e. The number of aromatic hydroxyl groups is 1. The molecule has 0 saturated heterocycles. The molecule has 3 rings (SSSR count). The number of phenols is 1. The van der Waals surface area contributed by atoms with Gasteiger partial charge in [-0.15, -0.1) is 0 Å². The molecule has 10 heteroatoms. The first-order chi connectivity index (χ1) is 20.9. The number of anilines is 1. The number of rotatable bonds is 14. The molecule has 3 aromatic rings. The van der Waals surface area contributed by atoms with E-state index < -0.39 is 47.9 Å². The summed E-state index contributed by atoms with van der Waals surface area (Å²) in [6.07, 6.45) is 2.90. The van der Waals surface area contributed by atoms with Crippen molar-refractivity contribution < 1.29 is 29.0 Å². The van der Waals surface area contributed by atoms with Crippen LogP contribution >= 0.6 is 0 Å².